The molecular formula is C19H30N6O. The van der Waals surface area contributed by atoms with Gasteiger partial charge in [0.15, 0.2) is 0 Å². The van der Waals surface area contributed by atoms with Crippen LogP contribution in [-0.2, 0) is 0 Å². The molecule has 0 bridgehead atoms. The van der Waals surface area contributed by atoms with E-state index >= 15 is 0 Å². The van der Waals surface area contributed by atoms with Gasteiger partial charge < -0.3 is 21.3 Å². The van der Waals surface area contributed by atoms with Gasteiger partial charge in [0, 0.05) is 55.3 Å². The third kappa shape index (κ3) is 3.92. The molecule has 1 aromatic rings. The molecule has 4 N–H and O–H groups in total. The van der Waals surface area contributed by atoms with Gasteiger partial charge in [-0.25, -0.2) is 14.8 Å². The Bertz CT molecular complexity index is 647. The molecule has 0 radical (unpaired) electrons. The van der Waals surface area contributed by atoms with Crippen LogP contribution in [0.1, 0.15) is 68.8 Å². The molecule has 1 saturated heterocycles. The molecule has 142 valence electrons. The Hall–Kier alpha value is -1.89. The number of hydrogen-bond acceptors (Lipinski definition) is 5. The molecule has 2 heterocycles. The van der Waals surface area contributed by atoms with E-state index in [1.807, 2.05) is 11.8 Å². The number of hydrogen-bond donors (Lipinski definition) is 3. The molecule has 0 spiro atoms. The number of nitrogens with two attached hydrogens (primary N) is 1. The van der Waals surface area contributed by atoms with Gasteiger partial charge in [0.1, 0.15) is 11.6 Å². The second-order valence-electron chi connectivity index (χ2n) is 7.98. The molecule has 2 amide bonds. The molecule has 3 fully saturated rings. The Balaban J connectivity index is 1.39. The number of carbonyl (C=O) groups is 1. The molecule has 0 unspecified atom stereocenters. The van der Waals surface area contributed by atoms with Crippen LogP contribution in [0.25, 0.3) is 0 Å². The number of likely N-dealkylation sites (tertiary alicyclic amines) is 1. The average Bonchev–Trinajstić information content (AvgIpc) is 3.45. The third-order valence-electron chi connectivity index (χ3n) is 5.76. The van der Waals surface area contributed by atoms with Crippen LogP contribution in [0, 0.1) is 0 Å². The van der Waals surface area contributed by atoms with Crippen LogP contribution >= 0.6 is 0 Å². The molecule has 7 heteroatoms. The molecule has 1 aliphatic heterocycles. The second kappa shape index (κ2) is 7.39. The number of aromatic nitrogens is 2. The van der Waals surface area contributed by atoms with Crippen LogP contribution in [0.15, 0.2) is 6.07 Å². The van der Waals surface area contributed by atoms with Crippen molar-refractivity contribution in [3.05, 3.63) is 17.6 Å². The third-order valence-corrected chi connectivity index (χ3v) is 5.76. The number of piperidine rings is 1. The quantitative estimate of drug-likeness (QED) is 0.749. The largest absolute Gasteiger partial charge is 0.367 e. The van der Waals surface area contributed by atoms with Crippen LogP contribution in [0.2, 0.25) is 0 Å². The zero-order valence-electron chi connectivity index (χ0n) is 15.6. The van der Waals surface area contributed by atoms with Gasteiger partial charge in [0.2, 0.25) is 0 Å². The zero-order valence-corrected chi connectivity index (χ0v) is 15.6. The number of nitrogens with one attached hydrogen (secondary N) is 2. The second-order valence-corrected chi connectivity index (χ2v) is 7.98. The van der Waals surface area contributed by atoms with Crippen molar-refractivity contribution < 1.29 is 4.79 Å². The van der Waals surface area contributed by atoms with Crippen molar-refractivity contribution in [2.24, 2.45) is 5.73 Å². The van der Waals surface area contributed by atoms with Crippen LogP contribution in [0.5, 0.6) is 0 Å². The lowest BCUT2D eigenvalue weighted by molar-refractivity contribution is 0.184. The van der Waals surface area contributed by atoms with Gasteiger partial charge >= 0.3 is 6.03 Å². The first-order chi connectivity index (χ1) is 12.6. The van der Waals surface area contributed by atoms with Gasteiger partial charge in [-0.2, -0.15) is 0 Å². The van der Waals surface area contributed by atoms with E-state index in [-0.39, 0.29) is 6.03 Å². The lowest BCUT2D eigenvalue weighted by Gasteiger charge is -2.34. The van der Waals surface area contributed by atoms with Gasteiger partial charge in [0.05, 0.1) is 0 Å². The molecular weight excluding hydrogens is 328 g/mol. The summed E-state index contributed by atoms with van der Waals surface area (Å²) in [6, 6.07) is 2.86. The van der Waals surface area contributed by atoms with Crippen molar-refractivity contribution in [3.8, 4) is 0 Å². The van der Waals surface area contributed by atoms with Crippen molar-refractivity contribution in [2.45, 2.75) is 69.4 Å². The molecule has 1 aromatic heterocycles. The Labute approximate surface area is 155 Å². The Kier molecular flexibility index (Phi) is 4.98. The van der Waals surface area contributed by atoms with E-state index in [2.05, 4.69) is 16.7 Å². The first-order valence-electron chi connectivity index (χ1n) is 10.1. The van der Waals surface area contributed by atoms with Crippen LogP contribution in [-0.4, -0.2) is 52.6 Å². The highest BCUT2D eigenvalue weighted by Gasteiger charge is 2.32. The van der Waals surface area contributed by atoms with Crippen molar-refractivity contribution in [2.75, 3.05) is 25.0 Å². The highest BCUT2D eigenvalue weighted by molar-refractivity contribution is 5.74. The van der Waals surface area contributed by atoms with Crippen molar-refractivity contribution in [1.29, 1.82) is 0 Å². The summed E-state index contributed by atoms with van der Waals surface area (Å²) >= 11 is 0. The van der Waals surface area contributed by atoms with Crippen molar-refractivity contribution >= 4 is 11.8 Å². The molecule has 2 aliphatic carbocycles. The Morgan fingerprint density at radius 2 is 1.92 bits per heavy atom. The SMILES string of the molecule is CCNC(=O)N1CCC(Nc2cc(C3CC(N)C3)nc(C3CC3)n2)CC1. The molecule has 26 heavy (non-hydrogen) atoms. The smallest absolute Gasteiger partial charge is 0.317 e. The Morgan fingerprint density at radius 1 is 1.19 bits per heavy atom. The van der Waals surface area contributed by atoms with Gasteiger partial charge in [-0.05, 0) is 45.4 Å². The monoisotopic (exact) mass is 358 g/mol. The number of anilines is 1. The maximum Gasteiger partial charge on any atom is 0.317 e. The van der Waals surface area contributed by atoms with Crippen molar-refractivity contribution in [1.82, 2.24) is 20.2 Å². The highest BCUT2D eigenvalue weighted by Crippen LogP contribution is 2.41. The maximum absolute atomic E-state index is 11.9. The van der Waals surface area contributed by atoms with Crippen LogP contribution in [0.4, 0.5) is 10.6 Å². The lowest BCUT2D eigenvalue weighted by atomic mass is 9.78. The fourth-order valence-corrected chi connectivity index (χ4v) is 3.89. The predicted octanol–water partition coefficient (Wildman–Crippen LogP) is 2.16. The van der Waals surface area contributed by atoms with E-state index in [0.717, 1.165) is 56.1 Å². The number of amides is 2. The van der Waals surface area contributed by atoms with Crippen molar-refractivity contribution in [3.63, 3.8) is 0 Å². The van der Waals surface area contributed by atoms with Gasteiger partial charge in [-0.15, -0.1) is 0 Å². The molecule has 4 rings (SSSR count). The first-order valence-corrected chi connectivity index (χ1v) is 10.1. The minimum absolute atomic E-state index is 0.0487. The van der Waals surface area contributed by atoms with E-state index in [1.165, 1.54) is 12.8 Å². The topological polar surface area (TPSA) is 96.2 Å². The normalized spacial score (nSPS) is 26.3. The molecule has 0 atom stereocenters. The zero-order chi connectivity index (χ0) is 18.1. The van der Waals surface area contributed by atoms with Gasteiger partial charge in [-0.1, -0.05) is 0 Å². The minimum Gasteiger partial charge on any atom is -0.367 e. The van der Waals surface area contributed by atoms with E-state index in [9.17, 15) is 4.79 Å². The van der Waals surface area contributed by atoms with Gasteiger partial charge in [0.25, 0.3) is 0 Å². The van der Waals surface area contributed by atoms with E-state index in [1.54, 1.807) is 0 Å². The molecule has 3 aliphatic rings. The summed E-state index contributed by atoms with van der Waals surface area (Å²) in [5.74, 6) is 2.99. The fourth-order valence-electron chi connectivity index (χ4n) is 3.89. The summed E-state index contributed by atoms with van der Waals surface area (Å²) in [4.78, 5) is 23.5. The number of nitrogens with zero attached hydrogens (tertiary/aromatic N) is 3. The van der Waals surface area contributed by atoms with E-state index in [4.69, 9.17) is 15.7 Å². The summed E-state index contributed by atoms with van der Waals surface area (Å²) in [7, 11) is 0. The van der Waals surface area contributed by atoms with Crippen LogP contribution in [0.3, 0.4) is 0 Å². The molecule has 7 nitrogen and oxygen atoms in total. The summed E-state index contributed by atoms with van der Waals surface area (Å²) in [6.45, 7) is 4.20. The number of rotatable bonds is 5. The standard InChI is InChI=1S/C19H30N6O/c1-2-21-19(26)25-7-5-15(6-8-25)22-17-11-16(13-9-14(20)10-13)23-18(24-17)12-3-4-12/h11-15H,2-10,20H2,1H3,(H,21,26)(H,22,23,24). The van der Waals surface area contributed by atoms with Crippen LogP contribution < -0.4 is 16.4 Å². The average molecular weight is 358 g/mol. The van der Waals surface area contributed by atoms with E-state index < -0.39 is 0 Å². The fraction of sp³-hybridized carbons (Fsp3) is 0.737. The Morgan fingerprint density at radius 3 is 2.54 bits per heavy atom. The predicted molar refractivity (Wildman–Crippen MR) is 101 cm³/mol. The summed E-state index contributed by atoms with van der Waals surface area (Å²) in [5, 5.41) is 6.49. The lowest BCUT2D eigenvalue weighted by Crippen LogP contribution is -2.46. The summed E-state index contributed by atoms with van der Waals surface area (Å²) in [5.41, 5.74) is 7.12. The summed E-state index contributed by atoms with van der Waals surface area (Å²) in [6.07, 6.45) is 6.38. The molecule has 2 saturated carbocycles. The number of carbonyl (C=O) groups excluding carboxylic acids is 1. The highest BCUT2D eigenvalue weighted by atomic mass is 16.2. The maximum atomic E-state index is 11.9. The number of urea groups is 1. The van der Waals surface area contributed by atoms with E-state index in [0.29, 0.717) is 30.5 Å². The minimum atomic E-state index is 0.0487. The first kappa shape index (κ1) is 17.5. The van der Waals surface area contributed by atoms with Gasteiger partial charge in [-0.3, -0.25) is 0 Å². The molecule has 0 aromatic carbocycles. The summed E-state index contributed by atoms with van der Waals surface area (Å²) < 4.78 is 0.